The Hall–Kier alpha value is -2.29. The van der Waals surface area contributed by atoms with Crippen LogP contribution in [-0.2, 0) is 4.79 Å². The molecule has 1 atom stereocenters. The van der Waals surface area contributed by atoms with Crippen LogP contribution in [0.5, 0.6) is 0 Å². The standard InChI is InChI=1S/C14H16N4O2/c15-7-9-6-11(16-8-9)14(20)18-5-1-2-12(18)13(19)17-10-3-4-10/h6,8,10,12,16H,1-5H2,(H,17,19). The summed E-state index contributed by atoms with van der Waals surface area (Å²) in [7, 11) is 0. The Morgan fingerprint density at radius 1 is 1.40 bits per heavy atom. The predicted molar refractivity (Wildman–Crippen MR) is 70.7 cm³/mol. The first-order valence-corrected chi connectivity index (χ1v) is 6.89. The number of likely N-dealkylation sites (tertiary alicyclic amines) is 1. The Bertz CT molecular complexity index is 582. The topological polar surface area (TPSA) is 89.0 Å². The van der Waals surface area contributed by atoms with Crippen molar-refractivity contribution in [2.24, 2.45) is 0 Å². The fourth-order valence-electron chi connectivity index (χ4n) is 2.54. The van der Waals surface area contributed by atoms with Crippen molar-refractivity contribution in [1.29, 1.82) is 5.26 Å². The highest BCUT2D eigenvalue weighted by Gasteiger charge is 2.37. The van der Waals surface area contributed by atoms with Crippen molar-refractivity contribution >= 4 is 11.8 Å². The highest BCUT2D eigenvalue weighted by atomic mass is 16.2. The van der Waals surface area contributed by atoms with Crippen LogP contribution in [0.4, 0.5) is 0 Å². The number of nitrogens with zero attached hydrogens (tertiary/aromatic N) is 2. The normalized spacial score (nSPS) is 21.6. The van der Waals surface area contributed by atoms with Crippen LogP contribution in [-0.4, -0.2) is 40.3 Å². The molecule has 0 spiro atoms. The zero-order chi connectivity index (χ0) is 14.1. The van der Waals surface area contributed by atoms with Crippen LogP contribution in [0.15, 0.2) is 12.3 Å². The van der Waals surface area contributed by atoms with Gasteiger partial charge in [-0.2, -0.15) is 5.26 Å². The van der Waals surface area contributed by atoms with E-state index in [1.165, 1.54) is 12.3 Å². The molecule has 104 valence electrons. The summed E-state index contributed by atoms with van der Waals surface area (Å²) in [6.45, 7) is 0.586. The molecule has 1 saturated heterocycles. The Morgan fingerprint density at radius 2 is 2.20 bits per heavy atom. The summed E-state index contributed by atoms with van der Waals surface area (Å²) >= 11 is 0. The third kappa shape index (κ3) is 2.39. The van der Waals surface area contributed by atoms with Gasteiger partial charge in [0.15, 0.2) is 0 Å². The van der Waals surface area contributed by atoms with E-state index < -0.39 is 0 Å². The SMILES string of the molecule is N#Cc1c[nH]c(C(=O)N2CCCC2C(=O)NC2CC2)c1. The van der Waals surface area contributed by atoms with Crippen molar-refractivity contribution in [3.63, 3.8) is 0 Å². The number of aromatic amines is 1. The Kier molecular flexibility index (Phi) is 3.18. The van der Waals surface area contributed by atoms with Crippen LogP contribution in [0.1, 0.15) is 41.7 Å². The molecule has 0 radical (unpaired) electrons. The molecule has 1 aromatic rings. The van der Waals surface area contributed by atoms with Crippen molar-refractivity contribution in [1.82, 2.24) is 15.2 Å². The van der Waals surface area contributed by atoms with Gasteiger partial charge in [-0.1, -0.05) is 0 Å². The molecule has 20 heavy (non-hydrogen) atoms. The Balaban J connectivity index is 1.72. The van der Waals surface area contributed by atoms with Gasteiger partial charge in [0.1, 0.15) is 17.8 Å². The number of nitriles is 1. The minimum Gasteiger partial charge on any atom is -0.356 e. The molecule has 2 fully saturated rings. The maximum atomic E-state index is 12.4. The number of aromatic nitrogens is 1. The van der Waals surface area contributed by atoms with Crippen LogP contribution in [0.3, 0.4) is 0 Å². The third-order valence-corrected chi connectivity index (χ3v) is 3.78. The van der Waals surface area contributed by atoms with Crippen LogP contribution >= 0.6 is 0 Å². The van der Waals surface area contributed by atoms with Gasteiger partial charge < -0.3 is 15.2 Å². The van der Waals surface area contributed by atoms with E-state index >= 15 is 0 Å². The van der Waals surface area contributed by atoms with Crippen molar-refractivity contribution in [2.75, 3.05) is 6.54 Å². The molecule has 6 heteroatoms. The number of carbonyl (C=O) groups is 2. The lowest BCUT2D eigenvalue weighted by Crippen LogP contribution is -2.46. The number of amides is 2. The minimum absolute atomic E-state index is 0.0505. The lowest BCUT2D eigenvalue weighted by Gasteiger charge is -2.23. The first-order valence-electron chi connectivity index (χ1n) is 6.89. The number of H-pyrrole nitrogens is 1. The minimum atomic E-state index is -0.378. The summed E-state index contributed by atoms with van der Waals surface area (Å²) < 4.78 is 0. The van der Waals surface area contributed by atoms with Gasteiger partial charge in [0.2, 0.25) is 5.91 Å². The largest absolute Gasteiger partial charge is 0.356 e. The van der Waals surface area contributed by atoms with Crippen LogP contribution < -0.4 is 5.32 Å². The highest BCUT2D eigenvalue weighted by Crippen LogP contribution is 2.23. The van der Waals surface area contributed by atoms with Gasteiger partial charge >= 0.3 is 0 Å². The number of carbonyl (C=O) groups excluding carboxylic acids is 2. The fourth-order valence-corrected chi connectivity index (χ4v) is 2.54. The average molecular weight is 272 g/mol. The zero-order valence-corrected chi connectivity index (χ0v) is 11.1. The molecule has 2 amide bonds. The van der Waals surface area contributed by atoms with Gasteiger partial charge in [0.25, 0.3) is 5.91 Å². The molecule has 2 aliphatic rings. The Labute approximate surface area is 116 Å². The molecule has 6 nitrogen and oxygen atoms in total. The molecule has 1 aliphatic carbocycles. The molecule has 2 N–H and O–H groups in total. The van der Waals surface area contributed by atoms with E-state index in [1.54, 1.807) is 4.90 Å². The second kappa shape index (κ2) is 5.00. The van der Waals surface area contributed by atoms with Crippen LogP contribution in [0, 0.1) is 11.3 Å². The second-order valence-electron chi connectivity index (χ2n) is 5.35. The van der Waals surface area contributed by atoms with E-state index in [2.05, 4.69) is 10.3 Å². The summed E-state index contributed by atoms with van der Waals surface area (Å²) in [5.41, 5.74) is 0.791. The van der Waals surface area contributed by atoms with Gasteiger partial charge in [0, 0.05) is 18.8 Å². The van der Waals surface area contributed by atoms with E-state index in [9.17, 15) is 9.59 Å². The number of nitrogens with one attached hydrogen (secondary N) is 2. The maximum Gasteiger partial charge on any atom is 0.270 e. The van der Waals surface area contributed by atoms with Crippen LogP contribution in [0.2, 0.25) is 0 Å². The third-order valence-electron chi connectivity index (χ3n) is 3.78. The van der Waals surface area contributed by atoms with Crippen molar-refractivity contribution in [3.05, 3.63) is 23.5 Å². The van der Waals surface area contributed by atoms with Crippen molar-refractivity contribution in [3.8, 4) is 6.07 Å². The number of rotatable bonds is 3. The van der Waals surface area contributed by atoms with E-state index in [1.807, 2.05) is 6.07 Å². The van der Waals surface area contributed by atoms with Crippen molar-refractivity contribution in [2.45, 2.75) is 37.8 Å². The monoisotopic (exact) mass is 272 g/mol. The lowest BCUT2D eigenvalue weighted by atomic mass is 10.2. The van der Waals surface area contributed by atoms with E-state index in [4.69, 9.17) is 5.26 Å². The summed E-state index contributed by atoms with van der Waals surface area (Å²) in [5.74, 6) is -0.259. The zero-order valence-electron chi connectivity index (χ0n) is 11.1. The Morgan fingerprint density at radius 3 is 2.85 bits per heavy atom. The van der Waals surface area contributed by atoms with E-state index in [-0.39, 0.29) is 17.9 Å². The summed E-state index contributed by atoms with van der Waals surface area (Å²) in [4.78, 5) is 28.9. The quantitative estimate of drug-likeness (QED) is 0.851. The van der Waals surface area contributed by atoms with Gasteiger partial charge in [0.05, 0.1) is 5.56 Å². The van der Waals surface area contributed by atoms with Gasteiger partial charge in [-0.25, -0.2) is 0 Å². The van der Waals surface area contributed by atoms with Gasteiger partial charge in [-0.3, -0.25) is 9.59 Å². The fraction of sp³-hybridized carbons (Fsp3) is 0.500. The van der Waals surface area contributed by atoms with Crippen LogP contribution in [0.25, 0.3) is 0 Å². The summed E-state index contributed by atoms with van der Waals surface area (Å²) in [6.07, 6.45) is 5.11. The molecule has 1 saturated carbocycles. The number of hydrogen-bond acceptors (Lipinski definition) is 3. The van der Waals surface area contributed by atoms with Gasteiger partial charge in [-0.15, -0.1) is 0 Å². The van der Waals surface area contributed by atoms with Crippen molar-refractivity contribution < 1.29 is 9.59 Å². The molecular formula is C14H16N4O2. The smallest absolute Gasteiger partial charge is 0.270 e. The summed E-state index contributed by atoms with van der Waals surface area (Å²) in [6, 6.07) is 3.43. The molecule has 2 heterocycles. The molecule has 0 aromatic carbocycles. The van der Waals surface area contributed by atoms with E-state index in [0.717, 1.165) is 19.3 Å². The lowest BCUT2D eigenvalue weighted by molar-refractivity contribution is -0.125. The summed E-state index contributed by atoms with van der Waals surface area (Å²) in [5, 5.41) is 11.7. The molecule has 1 aliphatic heterocycles. The first kappa shape index (κ1) is 12.7. The molecular weight excluding hydrogens is 256 g/mol. The molecule has 3 rings (SSSR count). The second-order valence-corrected chi connectivity index (χ2v) is 5.35. The molecule has 0 bridgehead atoms. The first-order chi connectivity index (χ1) is 9.69. The maximum absolute atomic E-state index is 12.4. The van der Waals surface area contributed by atoms with E-state index in [0.29, 0.717) is 30.3 Å². The predicted octanol–water partition coefficient (Wildman–Crippen LogP) is 0.770. The molecule has 1 unspecified atom stereocenters. The highest BCUT2D eigenvalue weighted by molar-refractivity contribution is 5.97. The number of hydrogen-bond donors (Lipinski definition) is 2. The average Bonchev–Trinajstić information content (AvgIpc) is 2.99. The molecule has 1 aromatic heterocycles. The van der Waals surface area contributed by atoms with Gasteiger partial charge in [-0.05, 0) is 31.7 Å².